The Labute approximate surface area is 179 Å². The summed E-state index contributed by atoms with van der Waals surface area (Å²) in [6.45, 7) is 2.53. The number of rotatable bonds is 7. The van der Waals surface area contributed by atoms with Gasteiger partial charge in [0.1, 0.15) is 0 Å². The molecule has 0 bridgehead atoms. The Kier molecular flexibility index (Phi) is 9.62. The summed E-state index contributed by atoms with van der Waals surface area (Å²) in [5.41, 5.74) is 2.70. The summed E-state index contributed by atoms with van der Waals surface area (Å²) in [5, 5.41) is 6.89. The minimum Gasteiger partial charge on any atom is -0.376 e. The molecule has 2 aromatic carbocycles. The molecule has 27 heavy (non-hydrogen) atoms. The third-order valence-corrected chi connectivity index (χ3v) is 4.86. The van der Waals surface area contributed by atoms with Crippen LogP contribution in [0.4, 0.5) is 0 Å². The van der Waals surface area contributed by atoms with Gasteiger partial charge in [0.25, 0.3) is 0 Å². The lowest BCUT2D eigenvalue weighted by Crippen LogP contribution is -2.42. The lowest BCUT2D eigenvalue weighted by molar-refractivity contribution is 0.114. The highest BCUT2D eigenvalue weighted by Crippen LogP contribution is 2.20. The van der Waals surface area contributed by atoms with Gasteiger partial charge in [-0.05, 0) is 30.4 Å². The topological polar surface area (TPSA) is 45.7 Å². The molecule has 0 spiro atoms. The molecule has 2 N–H and O–H groups in total. The number of nitrogens with one attached hydrogen (secondary N) is 2. The molecule has 0 aromatic heterocycles. The van der Waals surface area contributed by atoms with Crippen molar-refractivity contribution in [3.05, 3.63) is 71.8 Å². The van der Waals surface area contributed by atoms with Crippen molar-refractivity contribution in [2.45, 2.75) is 31.3 Å². The highest BCUT2D eigenvalue weighted by atomic mass is 127. The number of guanidine groups is 1. The van der Waals surface area contributed by atoms with E-state index in [4.69, 9.17) is 4.74 Å². The van der Waals surface area contributed by atoms with E-state index in [1.807, 2.05) is 7.05 Å². The van der Waals surface area contributed by atoms with E-state index in [0.29, 0.717) is 12.0 Å². The lowest BCUT2D eigenvalue weighted by atomic mass is 9.92. The molecule has 0 saturated carbocycles. The van der Waals surface area contributed by atoms with Gasteiger partial charge in [-0.2, -0.15) is 0 Å². The predicted molar refractivity (Wildman–Crippen MR) is 123 cm³/mol. The quantitative estimate of drug-likeness (QED) is 0.359. The first kappa shape index (κ1) is 21.7. The summed E-state index contributed by atoms with van der Waals surface area (Å²) in [5.74, 6) is 1.23. The minimum atomic E-state index is 0. The van der Waals surface area contributed by atoms with Crippen LogP contribution in [0.15, 0.2) is 65.7 Å². The van der Waals surface area contributed by atoms with E-state index in [1.54, 1.807) is 0 Å². The van der Waals surface area contributed by atoms with Gasteiger partial charge in [-0.3, -0.25) is 4.99 Å². The van der Waals surface area contributed by atoms with E-state index in [1.165, 1.54) is 11.1 Å². The maximum atomic E-state index is 5.68. The second-order valence-electron chi connectivity index (χ2n) is 6.77. The summed E-state index contributed by atoms with van der Waals surface area (Å²) in [6, 6.07) is 21.4. The summed E-state index contributed by atoms with van der Waals surface area (Å²) in [6.07, 6.45) is 3.60. The second kappa shape index (κ2) is 12.0. The van der Waals surface area contributed by atoms with Gasteiger partial charge in [-0.25, -0.2) is 0 Å². The number of halogens is 1. The third-order valence-electron chi connectivity index (χ3n) is 4.86. The van der Waals surface area contributed by atoms with Gasteiger partial charge in [0, 0.05) is 32.7 Å². The number of hydrogen-bond acceptors (Lipinski definition) is 2. The van der Waals surface area contributed by atoms with Crippen molar-refractivity contribution in [2.24, 2.45) is 4.99 Å². The van der Waals surface area contributed by atoms with Gasteiger partial charge in [-0.15, -0.1) is 24.0 Å². The molecule has 1 aliphatic rings. The summed E-state index contributed by atoms with van der Waals surface area (Å²) >= 11 is 0. The van der Waals surface area contributed by atoms with Crippen LogP contribution in [0.2, 0.25) is 0 Å². The Bertz CT molecular complexity index is 672. The normalized spacial score (nSPS) is 17.8. The molecule has 0 aliphatic carbocycles. The first-order valence-electron chi connectivity index (χ1n) is 9.50. The molecule has 1 saturated heterocycles. The van der Waals surface area contributed by atoms with Gasteiger partial charge >= 0.3 is 0 Å². The van der Waals surface area contributed by atoms with E-state index in [2.05, 4.69) is 76.3 Å². The Morgan fingerprint density at radius 3 is 2.41 bits per heavy atom. The minimum absolute atomic E-state index is 0. The molecule has 3 rings (SSSR count). The Morgan fingerprint density at radius 1 is 1.07 bits per heavy atom. The van der Waals surface area contributed by atoms with Crippen molar-refractivity contribution in [1.82, 2.24) is 10.6 Å². The zero-order valence-electron chi connectivity index (χ0n) is 15.9. The molecule has 5 heteroatoms. The molecule has 1 aliphatic heterocycles. The highest BCUT2D eigenvalue weighted by Gasteiger charge is 2.17. The Morgan fingerprint density at radius 2 is 1.78 bits per heavy atom. The molecule has 0 amide bonds. The maximum Gasteiger partial charge on any atom is 0.191 e. The Hall–Kier alpha value is -1.60. The number of ether oxygens (including phenoxy) is 1. The summed E-state index contributed by atoms with van der Waals surface area (Å²) < 4.78 is 5.68. The zero-order chi connectivity index (χ0) is 18.0. The van der Waals surface area contributed by atoms with E-state index in [0.717, 1.165) is 44.9 Å². The van der Waals surface area contributed by atoms with Crippen molar-refractivity contribution in [1.29, 1.82) is 0 Å². The van der Waals surface area contributed by atoms with Gasteiger partial charge in [-0.1, -0.05) is 60.7 Å². The van der Waals surface area contributed by atoms with Gasteiger partial charge in [0.05, 0.1) is 6.10 Å². The van der Waals surface area contributed by atoms with Gasteiger partial charge < -0.3 is 15.4 Å². The van der Waals surface area contributed by atoms with Gasteiger partial charge in [0.15, 0.2) is 5.96 Å². The van der Waals surface area contributed by atoms with Crippen LogP contribution in [0.25, 0.3) is 0 Å². The molecular weight excluding hydrogens is 449 g/mol. The number of hydrogen-bond donors (Lipinski definition) is 2. The van der Waals surface area contributed by atoms with Gasteiger partial charge in [0.2, 0.25) is 0 Å². The summed E-state index contributed by atoms with van der Waals surface area (Å²) in [7, 11) is 1.82. The highest BCUT2D eigenvalue weighted by molar-refractivity contribution is 14.0. The molecule has 1 heterocycles. The fourth-order valence-electron chi connectivity index (χ4n) is 3.39. The standard InChI is InChI=1S/C22H29N3O.HI/c1-23-22(25-17-21-13-8-14-26-21)24-16-20(19-11-6-3-7-12-19)15-18-9-4-2-5-10-18;/h2-7,9-12,20-21H,8,13-17H2,1H3,(H2,23,24,25);1H. The van der Waals surface area contributed by atoms with Crippen LogP contribution >= 0.6 is 24.0 Å². The fraction of sp³-hybridized carbons (Fsp3) is 0.409. The predicted octanol–water partition coefficient (Wildman–Crippen LogP) is 3.97. The molecule has 2 aromatic rings. The molecule has 4 nitrogen and oxygen atoms in total. The monoisotopic (exact) mass is 479 g/mol. The van der Waals surface area contributed by atoms with Crippen molar-refractivity contribution in [3.63, 3.8) is 0 Å². The molecule has 2 atom stereocenters. The van der Waals surface area contributed by atoms with Crippen LogP contribution in [-0.2, 0) is 11.2 Å². The zero-order valence-corrected chi connectivity index (χ0v) is 18.3. The number of aliphatic imine (C=N–C) groups is 1. The third kappa shape index (κ3) is 7.14. The van der Waals surface area contributed by atoms with Crippen LogP contribution in [0.5, 0.6) is 0 Å². The van der Waals surface area contributed by atoms with E-state index in [-0.39, 0.29) is 24.0 Å². The fourth-order valence-corrected chi connectivity index (χ4v) is 3.39. The number of benzene rings is 2. The average Bonchev–Trinajstić information content (AvgIpc) is 3.22. The maximum absolute atomic E-state index is 5.68. The molecule has 146 valence electrons. The van der Waals surface area contributed by atoms with Crippen molar-refractivity contribution < 1.29 is 4.74 Å². The molecule has 2 unspecified atom stereocenters. The van der Waals surface area contributed by atoms with Crippen molar-refractivity contribution in [3.8, 4) is 0 Å². The first-order chi connectivity index (χ1) is 12.8. The number of nitrogens with zero attached hydrogens (tertiary/aromatic N) is 1. The van der Waals surface area contributed by atoms with E-state index in [9.17, 15) is 0 Å². The van der Waals surface area contributed by atoms with Crippen LogP contribution in [-0.4, -0.2) is 38.8 Å². The van der Waals surface area contributed by atoms with Crippen LogP contribution in [0.1, 0.15) is 29.9 Å². The Balaban J connectivity index is 0.00000261. The summed E-state index contributed by atoms with van der Waals surface area (Å²) in [4.78, 5) is 4.36. The van der Waals surface area contributed by atoms with E-state index >= 15 is 0 Å². The van der Waals surface area contributed by atoms with E-state index < -0.39 is 0 Å². The second-order valence-corrected chi connectivity index (χ2v) is 6.77. The molecule has 1 fully saturated rings. The largest absolute Gasteiger partial charge is 0.376 e. The molecule has 0 radical (unpaired) electrons. The van der Waals surface area contributed by atoms with Crippen LogP contribution < -0.4 is 10.6 Å². The van der Waals surface area contributed by atoms with Crippen LogP contribution in [0, 0.1) is 0 Å². The lowest BCUT2D eigenvalue weighted by Gasteiger charge is -2.21. The first-order valence-corrected chi connectivity index (χ1v) is 9.50. The van der Waals surface area contributed by atoms with Crippen molar-refractivity contribution in [2.75, 3.05) is 26.7 Å². The van der Waals surface area contributed by atoms with Crippen LogP contribution in [0.3, 0.4) is 0 Å². The SMILES string of the molecule is CN=C(NCC1CCCO1)NCC(Cc1ccccc1)c1ccccc1.I. The average molecular weight is 479 g/mol. The van der Waals surface area contributed by atoms with Crippen molar-refractivity contribution >= 4 is 29.9 Å². The molecular formula is C22H30IN3O. The smallest absolute Gasteiger partial charge is 0.191 e.